The zero-order valence-corrected chi connectivity index (χ0v) is 15.5. The van der Waals surface area contributed by atoms with Gasteiger partial charge in [0.15, 0.2) is 0 Å². The molecule has 0 fully saturated rings. The Kier molecular flexibility index (Phi) is 6.10. The van der Waals surface area contributed by atoms with Gasteiger partial charge in [-0.1, -0.05) is 30.3 Å². The van der Waals surface area contributed by atoms with Crippen LogP contribution in [-0.2, 0) is 13.1 Å². The quantitative estimate of drug-likeness (QED) is 0.737. The van der Waals surface area contributed by atoms with Gasteiger partial charge >= 0.3 is 0 Å². The number of carbonyl (C=O) groups excluding carboxylic acids is 1. The molecule has 0 saturated carbocycles. The van der Waals surface area contributed by atoms with Crippen molar-refractivity contribution < 1.29 is 9.53 Å². The Morgan fingerprint density at radius 2 is 1.88 bits per heavy atom. The van der Waals surface area contributed by atoms with Crippen molar-refractivity contribution in [1.82, 2.24) is 9.88 Å². The summed E-state index contributed by atoms with van der Waals surface area (Å²) in [5, 5.41) is 3.96. The van der Waals surface area contributed by atoms with Gasteiger partial charge in [-0.2, -0.15) is 0 Å². The smallest absolute Gasteiger partial charge is 0.254 e. The standard InChI is InChI=1S/C20H22N2O2.ClH/c1-4-22-14(2)19(17-12-16(24-3)10-11-18(17)22)20(23)21-13-15-8-6-5-7-9-15;/h5-12H,4,13H2,1-3H3,(H,21,23);1H. The first-order valence-electron chi connectivity index (χ1n) is 8.14. The van der Waals surface area contributed by atoms with Crippen LogP contribution < -0.4 is 10.1 Å². The fourth-order valence-corrected chi connectivity index (χ4v) is 3.15. The number of rotatable bonds is 5. The van der Waals surface area contributed by atoms with Gasteiger partial charge in [0.1, 0.15) is 5.75 Å². The average molecular weight is 359 g/mol. The topological polar surface area (TPSA) is 43.3 Å². The minimum absolute atomic E-state index is 0. The number of ether oxygens (including phenoxy) is 1. The molecule has 4 nitrogen and oxygen atoms in total. The highest BCUT2D eigenvalue weighted by atomic mass is 35.5. The SMILES string of the molecule is CCn1c(C)c(C(=O)NCc2ccccc2)c2cc(OC)ccc21.Cl. The summed E-state index contributed by atoms with van der Waals surface area (Å²) in [7, 11) is 1.64. The molecule has 0 aliphatic carbocycles. The lowest BCUT2D eigenvalue weighted by atomic mass is 10.1. The maximum atomic E-state index is 12.8. The van der Waals surface area contributed by atoms with Crippen LogP contribution in [0.3, 0.4) is 0 Å². The summed E-state index contributed by atoms with van der Waals surface area (Å²) in [6.07, 6.45) is 0. The van der Waals surface area contributed by atoms with Crippen LogP contribution >= 0.6 is 12.4 Å². The van der Waals surface area contributed by atoms with E-state index < -0.39 is 0 Å². The number of carbonyl (C=O) groups is 1. The molecule has 0 spiro atoms. The molecule has 0 radical (unpaired) electrons. The number of amides is 1. The van der Waals surface area contributed by atoms with Gasteiger partial charge in [0.25, 0.3) is 5.91 Å². The Labute approximate surface area is 154 Å². The van der Waals surface area contributed by atoms with Crippen molar-refractivity contribution in [2.75, 3.05) is 7.11 Å². The Morgan fingerprint density at radius 1 is 1.16 bits per heavy atom. The van der Waals surface area contributed by atoms with Crippen LogP contribution in [0.2, 0.25) is 0 Å². The van der Waals surface area contributed by atoms with Gasteiger partial charge < -0.3 is 14.6 Å². The molecule has 0 unspecified atom stereocenters. The van der Waals surface area contributed by atoms with E-state index in [1.165, 1.54) is 0 Å². The Balaban J connectivity index is 0.00000225. The minimum Gasteiger partial charge on any atom is -0.497 e. The van der Waals surface area contributed by atoms with Crippen molar-refractivity contribution in [1.29, 1.82) is 0 Å². The molecular formula is C20H23ClN2O2. The molecule has 1 heterocycles. The number of fused-ring (bicyclic) bond motifs is 1. The van der Waals surface area contributed by atoms with Gasteiger partial charge in [0.05, 0.1) is 12.7 Å². The number of aryl methyl sites for hydroxylation is 1. The normalized spacial score (nSPS) is 10.4. The molecule has 25 heavy (non-hydrogen) atoms. The highest BCUT2D eigenvalue weighted by Gasteiger charge is 2.19. The van der Waals surface area contributed by atoms with Gasteiger partial charge in [-0.15, -0.1) is 12.4 Å². The summed E-state index contributed by atoms with van der Waals surface area (Å²) in [5.41, 5.74) is 3.84. The average Bonchev–Trinajstić information content (AvgIpc) is 2.90. The van der Waals surface area contributed by atoms with Crippen LogP contribution in [0.25, 0.3) is 10.9 Å². The molecule has 3 rings (SSSR count). The molecule has 3 aromatic rings. The van der Waals surface area contributed by atoms with Crippen LogP contribution in [0.4, 0.5) is 0 Å². The molecule has 0 bridgehead atoms. The molecule has 0 aliphatic rings. The summed E-state index contributed by atoms with van der Waals surface area (Å²) in [6.45, 7) is 5.41. The number of nitrogens with one attached hydrogen (secondary N) is 1. The van der Waals surface area contributed by atoms with Crippen molar-refractivity contribution in [2.24, 2.45) is 0 Å². The summed E-state index contributed by atoms with van der Waals surface area (Å²) in [6, 6.07) is 15.8. The fourth-order valence-electron chi connectivity index (χ4n) is 3.15. The number of halogens is 1. The number of benzene rings is 2. The van der Waals surface area contributed by atoms with E-state index in [1.807, 2.05) is 55.5 Å². The zero-order valence-electron chi connectivity index (χ0n) is 14.7. The van der Waals surface area contributed by atoms with Gasteiger partial charge in [-0.25, -0.2) is 0 Å². The molecule has 5 heteroatoms. The first kappa shape index (κ1) is 18.9. The lowest BCUT2D eigenvalue weighted by molar-refractivity contribution is 0.0951. The van der Waals surface area contributed by atoms with E-state index in [9.17, 15) is 4.79 Å². The predicted octanol–water partition coefficient (Wildman–Crippen LogP) is 4.33. The zero-order chi connectivity index (χ0) is 17.1. The second-order valence-corrected chi connectivity index (χ2v) is 5.76. The van der Waals surface area contributed by atoms with Crippen molar-refractivity contribution in [2.45, 2.75) is 26.9 Å². The van der Waals surface area contributed by atoms with Crippen LogP contribution in [0.1, 0.15) is 28.5 Å². The molecular weight excluding hydrogens is 336 g/mol. The van der Waals surface area contributed by atoms with E-state index in [0.717, 1.165) is 40.0 Å². The maximum Gasteiger partial charge on any atom is 0.254 e. The van der Waals surface area contributed by atoms with Crippen molar-refractivity contribution >= 4 is 29.2 Å². The van der Waals surface area contributed by atoms with Crippen molar-refractivity contribution in [3.05, 3.63) is 65.4 Å². The Hall–Kier alpha value is -2.46. The Bertz CT molecular complexity index is 872. The monoisotopic (exact) mass is 358 g/mol. The minimum atomic E-state index is -0.0539. The highest BCUT2D eigenvalue weighted by Crippen LogP contribution is 2.29. The first-order chi connectivity index (χ1) is 11.7. The van der Waals surface area contributed by atoms with E-state index in [4.69, 9.17) is 4.74 Å². The molecule has 1 N–H and O–H groups in total. The second-order valence-electron chi connectivity index (χ2n) is 5.76. The van der Waals surface area contributed by atoms with Gasteiger partial charge in [-0.05, 0) is 37.6 Å². The van der Waals surface area contributed by atoms with Crippen molar-refractivity contribution in [3.63, 3.8) is 0 Å². The molecule has 132 valence electrons. The van der Waals surface area contributed by atoms with E-state index in [1.54, 1.807) is 7.11 Å². The van der Waals surface area contributed by atoms with Gasteiger partial charge in [0, 0.05) is 29.7 Å². The molecule has 1 aromatic heterocycles. The van der Waals surface area contributed by atoms with Gasteiger partial charge in [-0.3, -0.25) is 4.79 Å². The predicted molar refractivity (Wildman–Crippen MR) is 104 cm³/mol. The fraction of sp³-hybridized carbons (Fsp3) is 0.250. The van der Waals surface area contributed by atoms with Crippen molar-refractivity contribution in [3.8, 4) is 5.75 Å². The second kappa shape index (κ2) is 8.08. The van der Waals surface area contributed by atoms with Crippen LogP contribution in [0, 0.1) is 6.92 Å². The molecule has 0 atom stereocenters. The molecule has 0 saturated heterocycles. The Morgan fingerprint density at radius 3 is 2.52 bits per heavy atom. The lowest BCUT2D eigenvalue weighted by Gasteiger charge is -2.07. The third-order valence-electron chi connectivity index (χ3n) is 4.37. The van der Waals surface area contributed by atoms with E-state index in [-0.39, 0.29) is 18.3 Å². The number of hydrogen-bond donors (Lipinski definition) is 1. The number of methoxy groups -OCH3 is 1. The summed E-state index contributed by atoms with van der Waals surface area (Å²) in [5.74, 6) is 0.703. The number of nitrogens with zero attached hydrogens (tertiary/aromatic N) is 1. The largest absolute Gasteiger partial charge is 0.497 e. The van der Waals surface area contributed by atoms with Crippen LogP contribution in [-0.4, -0.2) is 17.6 Å². The molecule has 1 amide bonds. The summed E-state index contributed by atoms with van der Waals surface area (Å²) >= 11 is 0. The third kappa shape index (κ3) is 3.64. The maximum absolute atomic E-state index is 12.8. The number of hydrogen-bond acceptors (Lipinski definition) is 2. The molecule has 0 aliphatic heterocycles. The van der Waals surface area contributed by atoms with E-state index in [0.29, 0.717) is 6.54 Å². The number of aromatic nitrogens is 1. The third-order valence-corrected chi connectivity index (χ3v) is 4.37. The lowest BCUT2D eigenvalue weighted by Crippen LogP contribution is -2.23. The van der Waals surface area contributed by atoms with Gasteiger partial charge in [0.2, 0.25) is 0 Å². The highest BCUT2D eigenvalue weighted by molar-refractivity contribution is 6.08. The summed E-state index contributed by atoms with van der Waals surface area (Å²) in [4.78, 5) is 12.8. The van der Waals surface area contributed by atoms with E-state index >= 15 is 0 Å². The first-order valence-corrected chi connectivity index (χ1v) is 8.14. The summed E-state index contributed by atoms with van der Waals surface area (Å²) < 4.78 is 7.49. The van der Waals surface area contributed by atoms with E-state index in [2.05, 4.69) is 16.8 Å². The molecule has 2 aromatic carbocycles. The van der Waals surface area contributed by atoms with Crippen LogP contribution in [0.5, 0.6) is 5.75 Å². The van der Waals surface area contributed by atoms with Crippen LogP contribution in [0.15, 0.2) is 48.5 Å².